The van der Waals surface area contributed by atoms with E-state index in [2.05, 4.69) is 82.6 Å². The minimum Gasteiger partial charge on any atom is -0.478 e. The second kappa shape index (κ2) is 10.7. The molecular formula is C39H32N2O4. The second-order valence-electron chi connectivity index (χ2n) is 12.1. The predicted molar refractivity (Wildman–Crippen MR) is 174 cm³/mol. The maximum Gasteiger partial charge on any atom is 0.341 e. The number of ether oxygens (including phenoxy) is 1. The Morgan fingerprint density at radius 3 is 1.73 bits per heavy atom. The zero-order valence-corrected chi connectivity index (χ0v) is 24.8. The van der Waals surface area contributed by atoms with E-state index < -0.39 is 17.5 Å². The number of benzene rings is 5. The van der Waals surface area contributed by atoms with Gasteiger partial charge in [0.15, 0.2) is 5.60 Å². The fourth-order valence-electron chi connectivity index (χ4n) is 7.40. The van der Waals surface area contributed by atoms with E-state index in [0.29, 0.717) is 5.56 Å². The van der Waals surface area contributed by atoms with Gasteiger partial charge in [-0.1, -0.05) is 84.9 Å². The number of nitrogens with zero attached hydrogens (tertiary/aromatic N) is 2. The molecule has 1 N–H and O–H groups in total. The third-order valence-electron chi connectivity index (χ3n) is 9.51. The molecule has 0 fully saturated rings. The zero-order valence-electron chi connectivity index (χ0n) is 24.8. The first kappa shape index (κ1) is 27.2. The van der Waals surface area contributed by atoms with Gasteiger partial charge in [0.2, 0.25) is 0 Å². The van der Waals surface area contributed by atoms with Crippen molar-refractivity contribution < 1.29 is 19.4 Å². The number of anilines is 2. The third kappa shape index (κ3) is 4.48. The van der Waals surface area contributed by atoms with Crippen LogP contribution in [-0.4, -0.2) is 30.1 Å². The first-order valence-corrected chi connectivity index (χ1v) is 15.5. The van der Waals surface area contributed by atoms with E-state index in [1.54, 1.807) is 6.07 Å². The summed E-state index contributed by atoms with van der Waals surface area (Å²) in [6.07, 6.45) is 1.75. The summed E-state index contributed by atoms with van der Waals surface area (Å²) in [4.78, 5) is 30.6. The van der Waals surface area contributed by atoms with Gasteiger partial charge in [-0.05, 0) is 65.4 Å². The Bertz CT molecular complexity index is 1850. The highest BCUT2D eigenvalue weighted by atomic mass is 16.6. The van der Waals surface area contributed by atoms with E-state index in [9.17, 15) is 14.7 Å². The average Bonchev–Trinajstić information content (AvgIpc) is 3.75. The van der Waals surface area contributed by atoms with E-state index in [4.69, 9.17) is 4.74 Å². The van der Waals surface area contributed by atoms with Crippen LogP contribution in [0.2, 0.25) is 0 Å². The van der Waals surface area contributed by atoms with Crippen molar-refractivity contribution in [2.45, 2.75) is 31.5 Å². The summed E-state index contributed by atoms with van der Waals surface area (Å²) in [6, 6.07) is 38.6. The lowest BCUT2D eigenvalue weighted by Gasteiger charge is -2.32. The number of rotatable bonds is 7. The van der Waals surface area contributed by atoms with Gasteiger partial charge in [-0.15, -0.1) is 0 Å². The Labute approximate surface area is 262 Å². The molecule has 0 radical (unpaired) electrons. The molecule has 5 aromatic rings. The maximum atomic E-state index is 13.6. The molecule has 5 aromatic carbocycles. The number of fused-ring (bicyclic) bond motifs is 3. The molecule has 6 heteroatoms. The van der Waals surface area contributed by atoms with E-state index in [0.717, 1.165) is 50.1 Å². The van der Waals surface area contributed by atoms with Gasteiger partial charge in [0.05, 0.1) is 11.1 Å². The van der Waals surface area contributed by atoms with Crippen LogP contribution in [0.3, 0.4) is 0 Å². The van der Waals surface area contributed by atoms with Gasteiger partial charge < -0.3 is 19.6 Å². The lowest BCUT2D eigenvalue weighted by Crippen LogP contribution is -2.30. The van der Waals surface area contributed by atoms with Crippen LogP contribution < -0.4 is 9.80 Å². The number of carbonyl (C=O) groups excluding carboxylic acids is 1. The molecule has 3 aliphatic rings. The van der Waals surface area contributed by atoms with Crippen LogP contribution in [0.25, 0.3) is 0 Å². The number of carboxylic acid groups (broad SMARTS) is 1. The standard InChI is InChI=1S/C39H32N2O4/c42-37(43)32-12-7-13-33-36(32)38(44)45-39(33,30-14-16-34-28(22-30)18-20-40(34)24-26-8-3-1-4-9-26)31-15-17-35-29(23-31)19-21-41(35)25-27-10-5-2-6-11-27/h1-17,22-23H,18-21,24-25H2,(H,42,43). The quantitative estimate of drug-likeness (QED) is 0.206. The van der Waals surface area contributed by atoms with Crippen molar-refractivity contribution in [1.82, 2.24) is 0 Å². The molecule has 3 heterocycles. The maximum absolute atomic E-state index is 13.6. The number of carbonyl (C=O) groups is 2. The summed E-state index contributed by atoms with van der Waals surface area (Å²) in [5.41, 5.74) is 8.30. The van der Waals surface area contributed by atoms with Crippen LogP contribution >= 0.6 is 0 Å². The first-order valence-electron chi connectivity index (χ1n) is 15.5. The molecular weight excluding hydrogens is 560 g/mol. The van der Waals surface area contributed by atoms with Crippen molar-refractivity contribution in [1.29, 1.82) is 0 Å². The molecule has 0 atom stereocenters. The second-order valence-corrected chi connectivity index (χ2v) is 12.1. The molecule has 0 bridgehead atoms. The van der Waals surface area contributed by atoms with Gasteiger partial charge in [-0.2, -0.15) is 0 Å². The first-order chi connectivity index (χ1) is 22.0. The van der Waals surface area contributed by atoms with Crippen molar-refractivity contribution >= 4 is 23.3 Å². The Kier molecular flexibility index (Phi) is 6.45. The van der Waals surface area contributed by atoms with Crippen LogP contribution in [0.5, 0.6) is 0 Å². The van der Waals surface area contributed by atoms with Crippen LogP contribution in [0, 0.1) is 0 Å². The summed E-state index contributed by atoms with van der Waals surface area (Å²) in [7, 11) is 0. The molecule has 0 amide bonds. The minimum atomic E-state index is -1.26. The highest BCUT2D eigenvalue weighted by Crippen LogP contribution is 2.50. The van der Waals surface area contributed by atoms with E-state index >= 15 is 0 Å². The van der Waals surface area contributed by atoms with Crippen molar-refractivity contribution in [3.63, 3.8) is 0 Å². The molecule has 0 aromatic heterocycles. The topological polar surface area (TPSA) is 70.1 Å². The highest BCUT2D eigenvalue weighted by Gasteiger charge is 2.50. The number of hydrogen-bond acceptors (Lipinski definition) is 5. The summed E-state index contributed by atoms with van der Waals surface area (Å²) < 4.78 is 6.42. The molecule has 222 valence electrons. The zero-order chi connectivity index (χ0) is 30.5. The van der Waals surface area contributed by atoms with Gasteiger partial charge in [0.1, 0.15) is 0 Å². The minimum absolute atomic E-state index is 0.0373. The summed E-state index contributed by atoms with van der Waals surface area (Å²) in [5.74, 6) is -1.75. The predicted octanol–water partition coefficient (Wildman–Crippen LogP) is 6.97. The largest absolute Gasteiger partial charge is 0.478 e. The van der Waals surface area contributed by atoms with Gasteiger partial charge in [0.25, 0.3) is 0 Å². The molecule has 8 rings (SSSR count). The number of cyclic esters (lactones) is 1. The molecule has 0 aliphatic carbocycles. The Hall–Kier alpha value is -5.36. The Morgan fingerprint density at radius 1 is 0.689 bits per heavy atom. The monoisotopic (exact) mass is 592 g/mol. The average molecular weight is 593 g/mol. The van der Waals surface area contributed by atoms with Crippen molar-refractivity contribution in [3.05, 3.63) is 165 Å². The normalized spacial score (nSPS) is 15.9. The van der Waals surface area contributed by atoms with Crippen LogP contribution in [0.1, 0.15) is 59.7 Å². The molecule has 6 nitrogen and oxygen atoms in total. The number of esters is 1. The fourth-order valence-corrected chi connectivity index (χ4v) is 7.40. The van der Waals surface area contributed by atoms with Crippen molar-refractivity contribution in [2.24, 2.45) is 0 Å². The molecule has 0 unspecified atom stereocenters. The Balaban J connectivity index is 1.23. The van der Waals surface area contributed by atoms with Gasteiger partial charge in [0, 0.05) is 54.2 Å². The molecule has 0 spiro atoms. The lowest BCUT2D eigenvalue weighted by molar-refractivity contribution is 0.0249. The van der Waals surface area contributed by atoms with E-state index in [1.807, 2.05) is 30.3 Å². The van der Waals surface area contributed by atoms with E-state index in [1.165, 1.54) is 39.7 Å². The fraction of sp³-hybridized carbons (Fsp3) is 0.179. The van der Waals surface area contributed by atoms with Crippen molar-refractivity contribution in [3.8, 4) is 0 Å². The summed E-state index contributed by atoms with van der Waals surface area (Å²) in [5, 5.41) is 10.0. The lowest BCUT2D eigenvalue weighted by atomic mass is 9.78. The van der Waals surface area contributed by atoms with Gasteiger partial charge >= 0.3 is 11.9 Å². The highest BCUT2D eigenvalue weighted by molar-refractivity contribution is 6.06. The third-order valence-corrected chi connectivity index (χ3v) is 9.51. The summed E-state index contributed by atoms with van der Waals surface area (Å²) in [6.45, 7) is 3.44. The van der Waals surface area contributed by atoms with Gasteiger partial charge in [-0.25, -0.2) is 9.59 Å². The van der Waals surface area contributed by atoms with Crippen molar-refractivity contribution in [2.75, 3.05) is 22.9 Å². The van der Waals surface area contributed by atoms with Gasteiger partial charge in [-0.3, -0.25) is 0 Å². The Morgan fingerprint density at radius 2 is 1.22 bits per heavy atom. The van der Waals surface area contributed by atoms with E-state index in [-0.39, 0.29) is 11.1 Å². The molecule has 0 saturated heterocycles. The molecule has 0 saturated carbocycles. The van der Waals surface area contributed by atoms with Crippen LogP contribution in [-0.2, 0) is 36.3 Å². The number of aromatic carboxylic acids is 1. The molecule has 3 aliphatic heterocycles. The smallest absolute Gasteiger partial charge is 0.341 e. The summed E-state index contributed by atoms with van der Waals surface area (Å²) >= 11 is 0. The number of carboxylic acids is 1. The van der Waals surface area contributed by atoms with Crippen LogP contribution in [0.15, 0.2) is 115 Å². The molecule has 45 heavy (non-hydrogen) atoms. The van der Waals surface area contributed by atoms with Crippen LogP contribution in [0.4, 0.5) is 11.4 Å². The SMILES string of the molecule is O=C(O)c1cccc2c1C(=O)OC2(c1ccc2c(c1)CCN2Cc1ccccc1)c1ccc2c(c1)CCN2Cc1ccccc1. The number of hydrogen-bond donors (Lipinski definition) is 1.